The molecule has 0 aliphatic carbocycles. The second kappa shape index (κ2) is 7.82. The number of amides is 1. The number of hydrogen-bond acceptors (Lipinski definition) is 3. The van der Waals surface area contributed by atoms with E-state index in [1.54, 1.807) is 19.1 Å². The van der Waals surface area contributed by atoms with Gasteiger partial charge in [-0.3, -0.25) is 4.79 Å². The van der Waals surface area contributed by atoms with Crippen molar-refractivity contribution >= 4 is 21.6 Å². The first-order chi connectivity index (χ1) is 12.8. The average Bonchev–Trinajstić information content (AvgIpc) is 2.62. The van der Waals surface area contributed by atoms with Crippen molar-refractivity contribution < 1.29 is 13.2 Å². The van der Waals surface area contributed by atoms with Gasteiger partial charge in [-0.15, -0.1) is 0 Å². The molecular formula is C21H26N2O3S. The first-order valence-corrected chi connectivity index (χ1v) is 10.7. The molecule has 0 atom stereocenters. The fourth-order valence-electron chi connectivity index (χ4n) is 3.31. The largest absolute Gasteiger partial charge is 0.322 e. The maximum Gasteiger partial charge on any atom is 0.255 e. The molecule has 1 N–H and O–H groups in total. The summed E-state index contributed by atoms with van der Waals surface area (Å²) in [6, 6.07) is 12.4. The van der Waals surface area contributed by atoms with E-state index in [1.807, 2.05) is 31.2 Å². The van der Waals surface area contributed by atoms with Crippen molar-refractivity contribution in [1.82, 2.24) is 4.31 Å². The SMILES string of the molecule is Cc1cccc(NC(=O)c2ccc(C)c(S(=O)(=O)N3CCC(C)CC3)c2)c1. The summed E-state index contributed by atoms with van der Waals surface area (Å²) in [5, 5.41) is 2.84. The van der Waals surface area contributed by atoms with E-state index in [0.717, 1.165) is 18.4 Å². The molecule has 0 saturated carbocycles. The predicted molar refractivity (Wildman–Crippen MR) is 107 cm³/mol. The summed E-state index contributed by atoms with van der Waals surface area (Å²) in [7, 11) is -3.60. The van der Waals surface area contributed by atoms with Crippen LogP contribution < -0.4 is 5.32 Å². The highest BCUT2D eigenvalue weighted by Crippen LogP contribution is 2.26. The highest BCUT2D eigenvalue weighted by Gasteiger charge is 2.29. The van der Waals surface area contributed by atoms with E-state index in [-0.39, 0.29) is 10.8 Å². The number of carbonyl (C=O) groups excluding carboxylic acids is 1. The number of carbonyl (C=O) groups is 1. The molecule has 1 fully saturated rings. The molecule has 1 heterocycles. The minimum atomic E-state index is -3.60. The maximum absolute atomic E-state index is 13.1. The lowest BCUT2D eigenvalue weighted by molar-refractivity contribution is 0.102. The number of piperidine rings is 1. The zero-order valence-electron chi connectivity index (χ0n) is 16.0. The molecule has 1 aliphatic rings. The second-order valence-electron chi connectivity index (χ2n) is 7.39. The second-order valence-corrected chi connectivity index (χ2v) is 9.30. The van der Waals surface area contributed by atoms with Crippen LogP contribution in [-0.2, 0) is 10.0 Å². The van der Waals surface area contributed by atoms with E-state index in [0.29, 0.717) is 35.8 Å². The Labute approximate surface area is 161 Å². The number of nitrogens with one attached hydrogen (secondary N) is 1. The summed E-state index contributed by atoms with van der Waals surface area (Å²) in [5.41, 5.74) is 2.72. The Morgan fingerprint density at radius 3 is 2.44 bits per heavy atom. The topological polar surface area (TPSA) is 66.5 Å². The Morgan fingerprint density at radius 1 is 1.07 bits per heavy atom. The third-order valence-corrected chi connectivity index (χ3v) is 7.13. The molecule has 5 nitrogen and oxygen atoms in total. The van der Waals surface area contributed by atoms with Gasteiger partial charge in [0.15, 0.2) is 0 Å². The molecule has 1 amide bonds. The molecule has 3 rings (SSSR count). The van der Waals surface area contributed by atoms with Gasteiger partial charge >= 0.3 is 0 Å². The van der Waals surface area contributed by atoms with Gasteiger partial charge in [0.2, 0.25) is 10.0 Å². The third kappa shape index (κ3) is 4.39. The van der Waals surface area contributed by atoms with E-state index < -0.39 is 10.0 Å². The van der Waals surface area contributed by atoms with E-state index in [2.05, 4.69) is 12.2 Å². The molecule has 0 unspecified atom stereocenters. The van der Waals surface area contributed by atoms with Crippen molar-refractivity contribution in [3.8, 4) is 0 Å². The fraction of sp³-hybridized carbons (Fsp3) is 0.381. The van der Waals surface area contributed by atoms with E-state index >= 15 is 0 Å². The highest BCUT2D eigenvalue weighted by molar-refractivity contribution is 7.89. The van der Waals surface area contributed by atoms with Crippen molar-refractivity contribution in [3.05, 3.63) is 59.2 Å². The lowest BCUT2D eigenvalue weighted by atomic mass is 10.0. The van der Waals surface area contributed by atoms with Gasteiger partial charge in [-0.1, -0.05) is 25.1 Å². The van der Waals surface area contributed by atoms with Crippen LogP contribution >= 0.6 is 0 Å². The average molecular weight is 387 g/mol. The van der Waals surface area contributed by atoms with Crippen LogP contribution in [-0.4, -0.2) is 31.7 Å². The summed E-state index contributed by atoms with van der Waals surface area (Å²) in [6.07, 6.45) is 1.73. The summed E-state index contributed by atoms with van der Waals surface area (Å²) >= 11 is 0. The Bertz CT molecular complexity index is 946. The van der Waals surface area contributed by atoms with Gasteiger partial charge in [-0.2, -0.15) is 4.31 Å². The summed E-state index contributed by atoms with van der Waals surface area (Å²) in [6.45, 7) is 6.92. The fourth-order valence-corrected chi connectivity index (χ4v) is 5.03. The maximum atomic E-state index is 13.1. The van der Waals surface area contributed by atoms with Gasteiger partial charge in [0.1, 0.15) is 0 Å². The highest BCUT2D eigenvalue weighted by atomic mass is 32.2. The first kappa shape index (κ1) is 19.6. The molecule has 2 aromatic rings. The molecule has 0 bridgehead atoms. The minimum absolute atomic E-state index is 0.217. The van der Waals surface area contributed by atoms with Gasteiger partial charge in [-0.05, 0) is 68.0 Å². The van der Waals surface area contributed by atoms with Crippen LogP contribution in [0.5, 0.6) is 0 Å². The zero-order valence-corrected chi connectivity index (χ0v) is 16.8. The van der Waals surface area contributed by atoms with Crippen molar-refractivity contribution in [1.29, 1.82) is 0 Å². The molecule has 0 aromatic heterocycles. The molecule has 0 radical (unpaired) electrons. The predicted octanol–water partition coefficient (Wildman–Crippen LogP) is 3.98. The monoisotopic (exact) mass is 386 g/mol. The smallest absolute Gasteiger partial charge is 0.255 e. The van der Waals surface area contributed by atoms with Crippen LogP contribution in [0.1, 0.15) is 41.3 Å². The summed E-state index contributed by atoms with van der Waals surface area (Å²) < 4.78 is 27.7. The number of rotatable bonds is 4. The molecule has 2 aromatic carbocycles. The third-order valence-electron chi connectivity index (χ3n) is 5.09. The quantitative estimate of drug-likeness (QED) is 0.864. The van der Waals surface area contributed by atoms with Crippen LogP contribution in [0.4, 0.5) is 5.69 Å². The number of sulfonamides is 1. The van der Waals surface area contributed by atoms with Crippen LogP contribution in [0.15, 0.2) is 47.4 Å². The van der Waals surface area contributed by atoms with Crippen molar-refractivity contribution in [2.24, 2.45) is 5.92 Å². The molecule has 1 saturated heterocycles. The lowest BCUT2D eigenvalue weighted by Crippen LogP contribution is -2.38. The Balaban J connectivity index is 1.86. The minimum Gasteiger partial charge on any atom is -0.322 e. The number of aryl methyl sites for hydroxylation is 2. The number of nitrogens with zero attached hydrogens (tertiary/aromatic N) is 1. The normalized spacial score (nSPS) is 16.3. The van der Waals surface area contributed by atoms with Gasteiger partial charge in [0.25, 0.3) is 5.91 Å². The molecule has 27 heavy (non-hydrogen) atoms. The molecule has 0 spiro atoms. The number of anilines is 1. The Morgan fingerprint density at radius 2 is 1.78 bits per heavy atom. The van der Waals surface area contributed by atoms with Gasteiger partial charge in [0, 0.05) is 24.3 Å². The molecular weight excluding hydrogens is 360 g/mol. The zero-order chi connectivity index (χ0) is 19.6. The van der Waals surface area contributed by atoms with Crippen LogP contribution in [0.2, 0.25) is 0 Å². The van der Waals surface area contributed by atoms with Gasteiger partial charge < -0.3 is 5.32 Å². The van der Waals surface area contributed by atoms with Crippen molar-refractivity contribution in [2.75, 3.05) is 18.4 Å². The Kier molecular flexibility index (Phi) is 5.67. The first-order valence-electron chi connectivity index (χ1n) is 9.26. The van der Waals surface area contributed by atoms with Crippen LogP contribution in [0.3, 0.4) is 0 Å². The molecule has 144 valence electrons. The van der Waals surface area contributed by atoms with E-state index in [4.69, 9.17) is 0 Å². The number of hydrogen-bond donors (Lipinski definition) is 1. The molecule has 1 aliphatic heterocycles. The van der Waals surface area contributed by atoms with Crippen LogP contribution in [0, 0.1) is 19.8 Å². The van der Waals surface area contributed by atoms with E-state index in [1.165, 1.54) is 10.4 Å². The van der Waals surface area contributed by atoms with Crippen LogP contribution in [0.25, 0.3) is 0 Å². The Hall–Kier alpha value is -2.18. The lowest BCUT2D eigenvalue weighted by Gasteiger charge is -2.30. The summed E-state index contributed by atoms with van der Waals surface area (Å²) in [4.78, 5) is 12.8. The van der Waals surface area contributed by atoms with E-state index in [9.17, 15) is 13.2 Å². The van der Waals surface area contributed by atoms with Crippen molar-refractivity contribution in [3.63, 3.8) is 0 Å². The van der Waals surface area contributed by atoms with Gasteiger partial charge in [-0.25, -0.2) is 8.42 Å². The summed E-state index contributed by atoms with van der Waals surface area (Å²) in [5.74, 6) is 0.230. The van der Waals surface area contributed by atoms with Gasteiger partial charge in [0.05, 0.1) is 4.90 Å². The molecule has 6 heteroatoms. The number of benzene rings is 2. The van der Waals surface area contributed by atoms with Crippen molar-refractivity contribution in [2.45, 2.75) is 38.5 Å². The standard InChI is InChI=1S/C21H26N2O3S/c1-15-9-11-23(12-10-15)27(25,26)20-14-18(8-7-17(20)3)21(24)22-19-6-4-5-16(2)13-19/h4-8,13-15H,9-12H2,1-3H3,(H,22,24).